The molecule has 0 spiro atoms. The number of benzene rings is 1. The van der Waals surface area contributed by atoms with Crippen LogP contribution in [0.25, 0.3) is 0 Å². The minimum Gasteiger partial charge on any atom is -0.462 e. The normalized spacial score (nSPS) is 19.8. The van der Waals surface area contributed by atoms with Crippen LogP contribution in [0.5, 0.6) is 0 Å². The van der Waals surface area contributed by atoms with Crippen molar-refractivity contribution >= 4 is 46.7 Å². The molecule has 0 N–H and O–H groups in total. The van der Waals surface area contributed by atoms with Crippen molar-refractivity contribution in [1.29, 1.82) is 0 Å². The van der Waals surface area contributed by atoms with Crippen LogP contribution in [-0.4, -0.2) is 46.5 Å². The van der Waals surface area contributed by atoms with Crippen molar-refractivity contribution in [3.8, 4) is 0 Å². The molecule has 0 radical (unpaired) electrons. The number of carbonyl (C=O) groups excluding carboxylic acids is 2. The number of para-hydroxylation sites is 1. The SMILES string of the molecule is CCOC(=O)C1=CN(CC)/C(=C2/C(=O)N(CC)C(=S)N2c2ccccc2)S1. The van der Waals surface area contributed by atoms with Crippen molar-refractivity contribution in [3.63, 3.8) is 0 Å². The van der Waals surface area contributed by atoms with E-state index in [4.69, 9.17) is 17.0 Å². The minimum absolute atomic E-state index is 0.161. The third-order valence-electron chi connectivity index (χ3n) is 4.18. The van der Waals surface area contributed by atoms with Crippen molar-refractivity contribution < 1.29 is 14.3 Å². The first kappa shape index (κ1) is 19.4. The summed E-state index contributed by atoms with van der Waals surface area (Å²) >= 11 is 6.84. The minimum atomic E-state index is -0.386. The average Bonchev–Trinajstić information content (AvgIpc) is 3.20. The molecular formula is C19H21N3O3S2. The summed E-state index contributed by atoms with van der Waals surface area (Å²) in [5.74, 6) is -0.547. The Bertz CT molecular complexity index is 836. The molecule has 142 valence electrons. The predicted molar refractivity (Wildman–Crippen MR) is 111 cm³/mol. The summed E-state index contributed by atoms with van der Waals surface area (Å²) < 4.78 is 5.12. The lowest BCUT2D eigenvalue weighted by Gasteiger charge is -2.23. The number of ether oxygens (including phenoxy) is 1. The molecule has 27 heavy (non-hydrogen) atoms. The average molecular weight is 404 g/mol. The van der Waals surface area contributed by atoms with Gasteiger partial charge in [0, 0.05) is 25.0 Å². The van der Waals surface area contributed by atoms with Gasteiger partial charge in [-0.2, -0.15) is 0 Å². The van der Waals surface area contributed by atoms with Gasteiger partial charge in [-0.3, -0.25) is 14.6 Å². The van der Waals surface area contributed by atoms with Crippen LogP contribution in [0.1, 0.15) is 20.8 Å². The molecule has 8 heteroatoms. The van der Waals surface area contributed by atoms with E-state index < -0.39 is 0 Å². The lowest BCUT2D eigenvalue weighted by atomic mass is 10.3. The van der Waals surface area contributed by atoms with Crippen LogP contribution in [-0.2, 0) is 14.3 Å². The number of esters is 1. The molecule has 0 unspecified atom stereocenters. The fourth-order valence-corrected chi connectivity index (χ4v) is 4.43. The van der Waals surface area contributed by atoms with E-state index in [2.05, 4.69) is 0 Å². The Balaban J connectivity index is 2.09. The second-order valence-electron chi connectivity index (χ2n) is 5.76. The maximum absolute atomic E-state index is 13.1. The van der Waals surface area contributed by atoms with Crippen molar-refractivity contribution in [2.45, 2.75) is 20.8 Å². The van der Waals surface area contributed by atoms with Crippen molar-refractivity contribution in [1.82, 2.24) is 9.80 Å². The Kier molecular flexibility index (Phi) is 5.86. The molecule has 2 aliphatic heterocycles. The van der Waals surface area contributed by atoms with Gasteiger partial charge in [0.15, 0.2) is 5.11 Å². The van der Waals surface area contributed by atoms with Crippen LogP contribution in [0.4, 0.5) is 5.69 Å². The highest BCUT2D eigenvalue weighted by Crippen LogP contribution is 2.42. The van der Waals surface area contributed by atoms with Gasteiger partial charge in [-0.25, -0.2) is 4.79 Å². The number of amides is 1. The van der Waals surface area contributed by atoms with Gasteiger partial charge in [-0.1, -0.05) is 30.0 Å². The molecule has 1 amide bonds. The van der Waals surface area contributed by atoms with Crippen LogP contribution >= 0.6 is 24.0 Å². The zero-order valence-corrected chi connectivity index (χ0v) is 17.1. The predicted octanol–water partition coefficient (Wildman–Crippen LogP) is 3.28. The van der Waals surface area contributed by atoms with Crippen molar-refractivity contribution in [3.05, 3.63) is 52.2 Å². The van der Waals surface area contributed by atoms with E-state index in [1.165, 1.54) is 11.8 Å². The lowest BCUT2D eigenvalue weighted by molar-refractivity contribution is -0.137. The molecule has 1 aromatic rings. The summed E-state index contributed by atoms with van der Waals surface area (Å²) in [7, 11) is 0. The number of carbonyl (C=O) groups is 2. The molecule has 0 saturated carbocycles. The Morgan fingerprint density at radius 1 is 1.15 bits per heavy atom. The van der Waals surface area contributed by atoms with Crippen molar-refractivity contribution in [2.75, 3.05) is 24.6 Å². The molecule has 6 nitrogen and oxygen atoms in total. The zero-order valence-electron chi connectivity index (χ0n) is 15.5. The van der Waals surface area contributed by atoms with Gasteiger partial charge >= 0.3 is 5.97 Å². The number of thioether (sulfide) groups is 1. The first-order valence-corrected chi connectivity index (χ1v) is 10.0. The standard InChI is InChI=1S/C19H21N3O3S2/c1-4-20-12-14(18(24)25-6-3)27-17(20)15-16(23)21(5-2)19(26)22(15)13-10-8-7-9-11-13/h7-12H,4-6H2,1-3H3/b17-15+. The van der Waals surface area contributed by atoms with E-state index in [0.29, 0.717) is 40.4 Å². The monoisotopic (exact) mass is 403 g/mol. The van der Waals surface area contributed by atoms with E-state index in [1.54, 1.807) is 22.9 Å². The molecule has 0 atom stereocenters. The third kappa shape index (κ3) is 3.46. The molecule has 2 heterocycles. The first-order chi connectivity index (χ1) is 13.0. The molecule has 0 bridgehead atoms. The maximum atomic E-state index is 13.1. The van der Waals surface area contributed by atoms with Gasteiger partial charge < -0.3 is 9.64 Å². The highest BCUT2D eigenvalue weighted by molar-refractivity contribution is 8.07. The van der Waals surface area contributed by atoms with Gasteiger partial charge in [-0.05, 0) is 45.1 Å². The summed E-state index contributed by atoms with van der Waals surface area (Å²) in [5.41, 5.74) is 1.28. The number of rotatable bonds is 5. The van der Waals surface area contributed by atoms with E-state index >= 15 is 0 Å². The van der Waals surface area contributed by atoms with Crippen LogP contribution in [0, 0.1) is 0 Å². The Labute approximate surface area is 168 Å². The second-order valence-corrected chi connectivity index (χ2v) is 7.15. The topological polar surface area (TPSA) is 53.1 Å². The number of hydrogen-bond donors (Lipinski definition) is 0. The number of hydrogen-bond acceptors (Lipinski definition) is 6. The summed E-state index contributed by atoms with van der Waals surface area (Å²) in [6, 6.07) is 9.55. The second kappa shape index (κ2) is 8.14. The largest absolute Gasteiger partial charge is 0.462 e. The summed E-state index contributed by atoms with van der Waals surface area (Å²) in [4.78, 5) is 31.0. The van der Waals surface area contributed by atoms with E-state index in [-0.39, 0.29) is 11.9 Å². The fourth-order valence-electron chi connectivity index (χ4n) is 2.91. The number of anilines is 1. The fraction of sp³-hybridized carbons (Fsp3) is 0.316. The summed E-state index contributed by atoms with van der Waals surface area (Å²) in [5, 5.41) is 1.13. The van der Waals surface area contributed by atoms with Gasteiger partial charge in [0.25, 0.3) is 5.91 Å². The molecule has 2 aliphatic rings. The van der Waals surface area contributed by atoms with E-state index in [1.807, 2.05) is 49.1 Å². The highest BCUT2D eigenvalue weighted by Gasteiger charge is 2.43. The Morgan fingerprint density at radius 3 is 2.44 bits per heavy atom. The van der Waals surface area contributed by atoms with E-state index in [9.17, 15) is 9.59 Å². The lowest BCUT2D eigenvalue weighted by Crippen LogP contribution is -2.32. The van der Waals surface area contributed by atoms with Gasteiger partial charge in [0.1, 0.15) is 15.6 Å². The van der Waals surface area contributed by atoms with Gasteiger partial charge in [-0.15, -0.1) is 0 Å². The Hall–Kier alpha value is -2.32. The van der Waals surface area contributed by atoms with Gasteiger partial charge in [0.05, 0.1) is 6.61 Å². The van der Waals surface area contributed by atoms with Crippen molar-refractivity contribution in [2.24, 2.45) is 0 Å². The third-order valence-corrected chi connectivity index (χ3v) is 5.70. The van der Waals surface area contributed by atoms with Crippen LogP contribution in [0.15, 0.2) is 52.2 Å². The summed E-state index contributed by atoms with van der Waals surface area (Å²) in [6.07, 6.45) is 1.74. The molecule has 3 rings (SSSR count). The zero-order chi connectivity index (χ0) is 19.6. The number of thiocarbonyl (C=S) groups is 1. The van der Waals surface area contributed by atoms with Crippen LogP contribution in [0.2, 0.25) is 0 Å². The van der Waals surface area contributed by atoms with Crippen LogP contribution in [0.3, 0.4) is 0 Å². The summed E-state index contributed by atoms with van der Waals surface area (Å²) in [6.45, 7) is 7.02. The molecular weight excluding hydrogens is 382 g/mol. The molecule has 1 saturated heterocycles. The van der Waals surface area contributed by atoms with Crippen LogP contribution < -0.4 is 4.90 Å². The molecule has 0 aromatic heterocycles. The maximum Gasteiger partial charge on any atom is 0.346 e. The van der Waals surface area contributed by atoms with E-state index in [0.717, 1.165) is 5.69 Å². The smallest absolute Gasteiger partial charge is 0.346 e. The quantitative estimate of drug-likeness (QED) is 0.425. The highest BCUT2D eigenvalue weighted by atomic mass is 32.2. The molecule has 0 aliphatic carbocycles. The number of nitrogens with zero attached hydrogens (tertiary/aromatic N) is 3. The first-order valence-electron chi connectivity index (χ1n) is 8.82. The molecule has 1 aromatic carbocycles. The molecule has 1 fully saturated rings. The Morgan fingerprint density at radius 2 is 1.85 bits per heavy atom. The van der Waals surface area contributed by atoms with Gasteiger partial charge in [0.2, 0.25) is 0 Å². The number of likely N-dealkylation sites (N-methyl/N-ethyl adjacent to an activating group) is 1.